The molecule has 3 heterocycles. The number of methoxy groups -OCH3 is 1. The zero-order valence-electron chi connectivity index (χ0n) is 18.0. The van der Waals surface area contributed by atoms with Crippen molar-refractivity contribution in [3.8, 4) is 45.1 Å². The van der Waals surface area contributed by atoms with E-state index in [-0.39, 0.29) is 5.75 Å². The van der Waals surface area contributed by atoms with Crippen molar-refractivity contribution in [1.29, 1.82) is 0 Å². The third kappa shape index (κ3) is 3.22. The first-order valence-corrected chi connectivity index (χ1v) is 10.7. The Labute approximate surface area is 190 Å². The van der Waals surface area contributed by atoms with E-state index in [0.717, 1.165) is 55.4 Å². The number of para-hydroxylation sites is 2. The summed E-state index contributed by atoms with van der Waals surface area (Å²) in [5, 5.41) is 12.3. The summed E-state index contributed by atoms with van der Waals surface area (Å²) in [6, 6.07) is 26.0. The first-order chi connectivity index (χ1) is 16.2. The number of aromatic hydroxyl groups is 1. The van der Waals surface area contributed by atoms with E-state index in [9.17, 15) is 5.11 Å². The number of aromatic nitrogens is 3. The summed E-state index contributed by atoms with van der Waals surface area (Å²) in [6.45, 7) is 0. The number of benzene rings is 3. The largest absolute Gasteiger partial charge is 0.504 e. The van der Waals surface area contributed by atoms with Gasteiger partial charge in [0.2, 0.25) is 0 Å². The van der Waals surface area contributed by atoms with E-state index in [1.807, 2.05) is 48.8 Å². The van der Waals surface area contributed by atoms with Crippen LogP contribution in [0.3, 0.4) is 0 Å². The monoisotopic (exact) mass is 431 g/mol. The molecule has 0 saturated carbocycles. The Morgan fingerprint density at radius 1 is 0.697 bits per heavy atom. The van der Waals surface area contributed by atoms with Crippen molar-refractivity contribution in [3.05, 3.63) is 91.3 Å². The fourth-order valence-electron chi connectivity index (χ4n) is 4.40. The molecule has 0 aliphatic heterocycles. The van der Waals surface area contributed by atoms with Gasteiger partial charge in [0.15, 0.2) is 11.5 Å². The first kappa shape index (κ1) is 19.2. The molecule has 0 saturated heterocycles. The molecule has 0 amide bonds. The summed E-state index contributed by atoms with van der Waals surface area (Å²) in [5.74, 6) is 0.551. The van der Waals surface area contributed by atoms with Crippen LogP contribution in [0.1, 0.15) is 0 Å². The lowest BCUT2D eigenvalue weighted by atomic mass is 9.99. The highest BCUT2D eigenvalue weighted by Gasteiger charge is 2.15. The highest BCUT2D eigenvalue weighted by Crippen LogP contribution is 2.37. The van der Waals surface area contributed by atoms with E-state index in [4.69, 9.17) is 9.72 Å². The van der Waals surface area contributed by atoms with Gasteiger partial charge in [-0.15, -0.1) is 0 Å². The van der Waals surface area contributed by atoms with Gasteiger partial charge in [-0.25, -0.2) is 4.98 Å². The minimum absolute atomic E-state index is 0.115. The molecule has 0 spiro atoms. The van der Waals surface area contributed by atoms with Gasteiger partial charge in [0.05, 0.1) is 18.5 Å². The summed E-state index contributed by atoms with van der Waals surface area (Å²) in [7, 11) is 1.56. The lowest BCUT2D eigenvalue weighted by Crippen LogP contribution is -1.91. The molecule has 6 rings (SSSR count). The molecule has 33 heavy (non-hydrogen) atoms. The molecule has 0 aliphatic carbocycles. The van der Waals surface area contributed by atoms with Gasteiger partial charge in [0.1, 0.15) is 0 Å². The van der Waals surface area contributed by atoms with Gasteiger partial charge in [0, 0.05) is 45.3 Å². The number of phenolic OH excluding ortho intramolecular Hbond substituents is 1. The fourth-order valence-corrected chi connectivity index (χ4v) is 4.40. The summed E-state index contributed by atoms with van der Waals surface area (Å²) in [4.78, 5) is 11.8. The number of rotatable bonds is 4. The quantitative estimate of drug-likeness (QED) is 0.289. The maximum Gasteiger partial charge on any atom is 0.161 e. The van der Waals surface area contributed by atoms with Crippen molar-refractivity contribution in [2.45, 2.75) is 0 Å². The van der Waals surface area contributed by atoms with Crippen molar-refractivity contribution >= 4 is 21.8 Å². The molecular formula is C28H21N3O2. The molecule has 0 radical (unpaired) electrons. The summed E-state index contributed by atoms with van der Waals surface area (Å²) in [6.07, 6.45) is 4.01. The van der Waals surface area contributed by atoms with Gasteiger partial charge >= 0.3 is 0 Å². The number of nitrogens with one attached hydrogen (secondary N) is 2. The number of hydrogen-bond donors (Lipinski definition) is 3. The minimum atomic E-state index is 0.115. The Morgan fingerprint density at radius 2 is 1.27 bits per heavy atom. The molecule has 0 unspecified atom stereocenters. The van der Waals surface area contributed by atoms with Crippen LogP contribution in [0.25, 0.3) is 55.4 Å². The van der Waals surface area contributed by atoms with Crippen molar-refractivity contribution < 1.29 is 9.84 Å². The van der Waals surface area contributed by atoms with E-state index in [1.54, 1.807) is 13.2 Å². The fraction of sp³-hybridized carbons (Fsp3) is 0.0357. The molecule has 0 atom stereocenters. The molecule has 5 heteroatoms. The van der Waals surface area contributed by atoms with Crippen LogP contribution in [0.4, 0.5) is 0 Å². The molecule has 3 aromatic carbocycles. The second kappa shape index (κ2) is 7.57. The predicted octanol–water partition coefficient (Wildman–Crippen LogP) is 6.76. The maximum atomic E-state index is 10.1. The van der Waals surface area contributed by atoms with E-state index >= 15 is 0 Å². The molecule has 0 aliphatic rings. The zero-order valence-corrected chi connectivity index (χ0v) is 18.0. The number of fused-ring (bicyclic) bond motifs is 2. The van der Waals surface area contributed by atoms with Crippen LogP contribution >= 0.6 is 0 Å². The van der Waals surface area contributed by atoms with Crippen LogP contribution in [-0.4, -0.2) is 27.2 Å². The van der Waals surface area contributed by atoms with Crippen LogP contribution < -0.4 is 4.74 Å². The number of nitrogens with zero attached hydrogens (tertiary/aromatic N) is 1. The Morgan fingerprint density at radius 3 is 1.85 bits per heavy atom. The molecule has 0 bridgehead atoms. The van der Waals surface area contributed by atoms with Crippen molar-refractivity contribution in [2.75, 3.05) is 7.11 Å². The van der Waals surface area contributed by atoms with Gasteiger partial charge in [-0.1, -0.05) is 42.5 Å². The number of hydrogen-bond acceptors (Lipinski definition) is 3. The third-order valence-electron chi connectivity index (χ3n) is 6.07. The van der Waals surface area contributed by atoms with E-state index in [2.05, 4.69) is 46.4 Å². The highest BCUT2D eigenvalue weighted by molar-refractivity contribution is 5.98. The lowest BCUT2D eigenvalue weighted by molar-refractivity contribution is 0.373. The molecule has 160 valence electrons. The summed E-state index contributed by atoms with van der Waals surface area (Å²) < 4.78 is 5.35. The Balaban J connectivity index is 1.61. The van der Waals surface area contributed by atoms with Gasteiger partial charge in [0.25, 0.3) is 0 Å². The Bertz CT molecular complexity index is 1540. The van der Waals surface area contributed by atoms with Crippen LogP contribution in [0, 0.1) is 0 Å². The number of H-pyrrole nitrogens is 2. The number of ether oxygens (including phenoxy) is 1. The third-order valence-corrected chi connectivity index (χ3v) is 6.07. The lowest BCUT2D eigenvalue weighted by Gasteiger charge is -2.11. The zero-order chi connectivity index (χ0) is 22.4. The van der Waals surface area contributed by atoms with Crippen LogP contribution in [-0.2, 0) is 0 Å². The SMILES string of the molecule is COc1cc(-c2cc(-c3c[nH]c4ccccc34)nc(-c3c[nH]c4ccccc34)c2)ccc1O. The highest BCUT2D eigenvalue weighted by atomic mass is 16.5. The van der Waals surface area contributed by atoms with Crippen LogP contribution in [0.2, 0.25) is 0 Å². The molecule has 6 aromatic rings. The maximum absolute atomic E-state index is 10.1. The topological polar surface area (TPSA) is 73.9 Å². The Kier molecular flexibility index (Phi) is 4.40. The number of aromatic amines is 2. The predicted molar refractivity (Wildman–Crippen MR) is 132 cm³/mol. The normalized spacial score (nSPS) is 11.3. The van der Waals surface area contributed by atoms with Crippen LogP contribution in [0.5, 0.6) is 11.5 Å². The number of pyridine rings is 1. The smallest absolute Gasteiger partial charge is 0.161 e. The van der Waals surface area contributed by atoms with Gasteiger partial charge in [-0.3, -0.25) is 0 Å². The van der Waals surface area contributed by atoms with Crippen molar-refractivity contribution in [3.63, 3.8) is 0 Å². The van der Waals surface area contributed by atoms with Crippen LogP contribution in [0.15, 0.2) is 91.3 Å². The van der Waals surface area contributed by atoms with Gasteiger partial charge in [-0.2, -0.15) is 0 Å². The molecular weight excluding hydrogens is 410 g/mol. The summed E-state index contributed by atoms with van der Waals surface area (Å²) in [5.41, 5.74) is 7.89. The van der Waals surface area contributed by atoms with Crippen molar-refractivity contribution in [2.24, 2.45) is 0 Å². The second-order valence-corrected chi connectivity index (χ2v) is 8.01. The average Bonchev–Trinajstić information content (AvgIpc) is 3.49. The van der Waals surface area contributed by atoms with E-state index in [0.29, 0.717) is 5.75 Å². The molecule has 3 N–H and O–H groups in total. The van der Waals surface area contributed by atoms with E-state index in [1.165, 1.54) is 0 Å². The number of phenols is 1. The summed E-state index contributed by atoms with van der Waals surface area (Å²) >= 11 is 0. The van der Waals surface area contributed by atoms with E-state index < -0.39 is 0 Å². The molecule has 5 nitrogen and oxygen atoms in total. The average molecular weight is 431 g/mol. The van der Waals surface area contributed by atoms with Gasteiger partial charge < -0.3 is 19.8 Å². The standard InChI is InChI=1S/C28H21N3O2/c1-33-28-14-17(10-11-27(28)32)18-12-25(21-15-29-23-8-4-2-6-19(21)23)31-26(13-18)22-16-30-24-9-5-3-7-20(22)24/h2-16,29-30,32H,1H3. The minimum Gasteiger partial charge on any atom is -0.504 e. The Hall–Kier alpha value is -4.51. The van der Waals surface area contributed by atoms with Gasteiger partial charge in [-0.05, 0) is 47.5 Å². The first-order valence-electron chi connectivity index (χ1n) is 10.7. The van der Waals surface area contributed by atoms with Crippen molar-refractivity contribution in [1.82, 2.24) is 15.0 Å². The molecule has 0 fully saturated rings. The molecule has 3 aromatic heterocycles. The second-order valence-electron chi connectivity index (χ2n) is 8.01.